The van der Waals surface area contributed by atoms with Gasteiger partial charge < -0.3 is 0 Å². The fourth-order valence-corrected chi connectivity index (χ4v) is 2.66. The molecule has 0 aromatic rings. The van der Waals surface area contributed by atoms with Gasteiger partial charge in [0.2, 0.25) is 0 Å². The first-order chi connectivity index (χ1) is 6.93. The highest BCUT2D eigenvalue weighted by Gasteiger charge is 2.09. The summed E-state index contributed by atoms with van der Waals surface area (Å²) in [5, 5.41) is 0. The minimum atomic E-state index is 1.09. The van der Waals surface area contributed by atoms with Crippen LogP contribution in [0.15, 0.2) is 0 Å². The standard InChI is InChI=1S/C8H16.C6H12/c1-2-8-6-4-3-5-7-8;1-2-4-6-5-3-1/h8H,2-7H2,1H3;1-6H2. The minimum absolute atomic E-state index is 1.09. The zero-order chi connectivity index (χ0) is 10.1. The van der Waals surface area contributed by atoms with E-state index in [1.54, 1.807) is 0 Å². The number of hydrogen-bond donors (Lipinski definition) is 0. The SMILES string of the molecule is C1CCCCC1.CCC1CCCCC1. The van der Waals surface area contributed by atoms with Gasteiger partial charge in [0.1, 0.15) is 0 Å². The third-order valence-electron chi connectivity index (χ3n) is 3.80. The minimum Gasteiger partial charge on any atom is -0.0651 e. The van der Waals surface area contributed by atoms with E-state index in [1.165, 1.54) is 77.0 Å². The van der Waals surface area contributed by atoms with Crippen LogP contribution in [0.3, 0.4) is 0 Å². The average molecular weight is 196 g/mol. The second-order valence-corrected chi connectivity index (χ2v) is 5.03. The Kier molecular flexibility index (Phi) is 7.17. The van der Waals surface area contributed by atoms with Crippen molar-refractivity contribution in [1.82, 2.24) is 0 Å². The lowest BCUT2D eigenvalue weighted by molar-refractivity contribution is 0.349. The average Bonchev–Trinajstić information content (AvgIpc) is 2.33. The monoisotopic (exact) mass is 196 g/mol. The van der Waals surface area contributed by atoms with Gasteiger partial charge in [-0.25, -0.2) is 0 Å². The van der Waals surface area contributed by atoms with Crippen LogP contribution in [0, 0.1) is 5.92 Å². The molecule has 0 heterocycles. The van der Waals surface area contributed by atoms with Crippen molar-refractivity contribution in [2.75, 3.05) is 0 Å². The number of rotatable bonds is 1. The van der Waals surface area contributed by atoms with Gasteiger partial charge in [-0.15, -0.1) is 0 Å². The largest absolute Gasteiger partial charge is 0.0651 e. The molecule has 2 fully saturated rings. The van der Waals surface area contributed by atoms with Gasteiger partial charge >= 0.3 is 0 Å². The Morgan fingerprint density at radius 3 is 1.29 bits per heavy atom. The summed E-state index contributed by atoms with van der Waals surface area (Å²) in [5.41, 5.74) is 0. The Morgan fingerprint density at radius 2 is 1.00 bits per heavy atom. The normalized spacial score (nSPS) is 23.8. The van der Waals surface area contributed by atoms with Crippen LogP contribution < -0.4 is 0 Å². The lowest BCUT2D eigenvalue weighted by atomic mass is 9.88. The van der Waals surface area contributed by atoms with E-state index in [9.17, 15) is 0 Å². The van der Waals surface area contributed by atoms with Gasteiger partial charge in [0.15, 0.2) is 0 Å². The van der Waals surface area contributed by atoms with Crippen molar-refractivity contribution in [2.24, 2.45) is 5.92 Å². The fraction of sp³-hybridized carbons (Fsp3) is 1.00. The molecule has 0 bridgehead atoms. The maximum atomic E-state index is 2.32. The molecule has 0 saturated heterocycles. The van der Waals surface area contributed by atoms with Gasteiger partial charge in [-0.05, 0) is 5.92 Å². The fourth-order valence-electron chi connectivity index (χ4n) is 2.66. The molecule has 0 aromatic carbocycles. The third kappa shape index (κ3) is 5.67. The molecule has 84 valence electrons. The summed E-state index contributed by atoms with van der Waals surface area (Å²) in [4.78, 5) is 0. The Bertz CT molecular complexity index is 95.7. The van der Waals surface area contributed by atoms with Gasteiger partial charge in [-0.2, -0.15) is 0 Å². The molecule has 14 heavy (non-hydrogen) atoms. The molecule has 0 amide bonds. The van der Waals surface area contributed by atoms with Crippen molar-refractivity contribution in [3.63, 3.8) is 0 Å². The van der Waals surface area contributed by atoms with E-state index in [0.29, 0.717) is 0 Å². The van der Waals surface area contributed by atoms with E-state index >= 15 is 0 Å². The molecule has 0 spiro atoms. The summed E-state index contributed by atoms with van der Waals surface area (Å²) in [6.07, 6.45) is 17.9. The summed E-state index contributed by atoms with van der Waals surface area (Å²) in [7, 11) is 0. The molecular formula is C14H28. The summed E-state index contributed by atoms with van der Waals surface area (Å²) in [6, 6.07) is 0. The van der Waals surface area contributed by atoms with Crippen LogP contribution in [0.2, 0.25) is 0 Å². The van der Waals surface area contributed by atoms with Crippen molar-refractivity contribution >= 4 is 0 Å². The van der Waals surface area contributed by atoms with E-state index in [2.05, 4.69) is 6.92 Å². The van der Waals surface area contributed by atoms with Gasteiger partial charge in [0.25, 0.3) is 0 Å². The molecule has 0 nitrogen and oxygen atoms in total. The van der Waals surface area contributed by atoms with Gasteiger partial charge in [0.05, 0.1) is 0 Å². The number of hydrogen-bond acceptors (Lipinski definition) is 0. The predicted octanol–water partition coefficient (Wildman–Crippen LogP) is 5.32. The van der Waals surface area contributed by atoms with Crippen molar-refractivity contribution in [3.05, 3.63) is 0 Å². The molecule has 2 rings (SSSR count). The smallest absolute Gasteiger partial charge is 0.0417 e. The molecule has 2 aliphatic carbocycles. The Balaban J connectivity index is 0.000000146. The second-order valence-electron chi connectivity index (χ2n) is 5.03. The van der Waals surface area contributed by atoms with Crippen LogP contribution in [0.1, 0.15) is 84.0 Å². The zero-order valence-corrected chi connectivity index (χ0v) is 10.1. The summed E-state index contributed by atoms with van der Waals surface area (Å²) >= 11 is 0. The van der Waals surface area contributed by atoms with Crippen LogP contribution in [-0.4, -0.2) is 0 Å². The highest BCUT2D eigenvalue weighted by Crippen LogP contribution is 2.25. The van der Waals surface area contributed by atoms with E-state index in [4.69, 9.17) is 0 Å². The summed E-state index contributed by atoms with van der Waals surface area (Å²) in [6.45, 7) is 2.32. The van der Waals surface area contributed by atoms with Crippen molar-refractivity contribution < 1.29 is 0 Å². The first-order valence-corrected chi connectivity index (χ1v) is 6.93. The Labute approximate surface area is 90.5 Å². The van der Waals surface area contributed by atoms with E-state index in [1.807, 2.05) is 0 Å². The van der Waals surface area contributed by atoms with E-state index < -0.39 is 0 Å². The van der Waals surface area contributed by atoms with Crippen LogP contribution in [0.25, 0.3) is 0 Å². The van der Waals surface area contributed by atoms with E-state index in [-0.39, 0.29) is 0 Å². The molecule has 0 atom stereocenters. The molecule has 2 aliphatic rings. The molecule has 0 heteroatoms. The predicted molar refractivity (Wildman–Crippen MR) is 64.6 cm³/mol. The topological polar surface area (TPSA) is 0 Å². The van der Waals surface area contributed by atoms with Crippen LogP contribution in [0.4, 0.5) is 0 Å². The van der Waals surface area contributed by atoms with E-state index in [0.717, 1.165) is 5.92 Å². The molecule has 0 aliphatic heterocycles. The lowest BCUT2D eigenvalue weighted by Gasteiger charge is -2.18. The van der Waals surface area contributed by atoms with Crippen LogP contribution in [0.5, 0.6) is 0 Å². The Hall–Kier alpha value is 0. The van der Waals surface area contributed by atoms with Crippen LogP contribution >= 0.6 is 0 Å². The zero-order valence-electron chi connectivity index (χ0n) is 10.1. The van der Waals surface area contributed by atoms with Crippen LogP contribution in [-0.2, 0) is 0 Å². The third-order valence-corrected chi connectivity index (χ3v) is 3.80. The molecule has 0 radical (unpaired) electrons. The quantitative estimate of drug-likeness (QED) is 0.532. The van der Waals surface area contributed by atoms with Gasteiger partial charge in [-0.1, -0.05) is 84.0 Å². The maximum absolute atomic E-state index is 2.32. The molecule has 0 N–H and O–H groups in total. The van der Waals surface area contributed by atoms with Crippen molar-refractivity contribution in [1.29, 1.82) is 0 Å². The molecule has 2 saturated carbocycles. The second kappa shape index (κ2) is 8.32. The summed E-state index contributed by atoms with van der Waals surface area (Å²) in [5.74, 6) is 1.09. The Morgan fingerprint density at radius 1 is 0.643 bits per heavy atom. The van der Waals surface area contributed by atoms with Gasteiger partial charge in [-0.3, -0.25) is 0 Å². The highest BCUT2D eigenvalue weighted by molar-refractivity contribution is 4.63. The summed E-state index contributed by atoms with van der Waals surface area (Å²) < 4.78 is 0. The first kappa shape index (κ1) is 12.1. The molecular weight excluding hydrogens is 168 g/mol. The molecule has 0 unspecified atom stereocenters. The first-order valence-electron chi connectivity index (χ1n) is 6.93. The van der Waals surface area contributed by atoms with Gasteiger partial charge in [0, 0.05) is 0 Å². The molecule has 0 aromatic heterocycles. The maximum Gasteiger partial charge on any atom is -0.0417 e. The van der Waals surface area contributed by atoms with Crippen molar-refractivity contribution in [2.45, 2.75) is 84.0 Å². The highest BCUT2D eigenvalue weighted by atomic mass is 14.2. The van der Waals surface area contributed by atoms with Crippen molar-refractivity contribution in [3.8, 4) is 0 Å². The lowest BCUT2D eigenvalue weighted by Crippen LogP contribution is -2.03.